The summed E-state index contributed by atoms with van der Waals surface area (Å²) in [5.41, 5.74) is 2.94. The smallest absolute Gasteiger partial charge is 0.252 e. The Morgan fingerprint density at radius 1 is 1.00 bits per heavy atom. The summed E-state index contributed by atoms with van der Waals surface area (Å²) >= 11 is 0. The second kappa shape index (κ2) is 7.28. The standard InChI is InChI=1S/C21H21NO2/c1-15-8-3-5-11-17(15)20(24-2)14-22-21(23)19-13-7-10-16-9-4-6-12-18(16)19/h3-13,20H,14H2,1-2H3,(H,22,23)/t20-/m1/s1. The molecule has 0 radical (unpaired) electrons. The first-order valence-corrected chi connectivity index (χ1v) is 8.05. The number of fused-ring (bicyclic) bond motifs is 1. The molecule has 3 aromatic carbocycles. The van der Waals surface area contributed by atoms with E-state index in [0.29, 0.717) is 12.1 Å². The number of carbonyl (C=O) groups excluding carboxylic acids is 1. The minimum absolute atomic E-state index is 0.0811. The summed E-state index contributed by atoms with van der Waals surface area (Å²) in [5.74, 6) is -0.0811. The van der Waals surface area contributed by atoms with Gasteiger partial charge in [-0.25, -0.2) is 0 Å². The summed E-state index contributed by atoms with van der Waals surface area (Å²) < 4.78 is 5.58. The van der Waals surface area contributed by atoms with Crippen LogP contribution in [0.5, 0.6) is 0 Å². The molecule has 3 nitrogen and oxygen atoms in total. The number of hydrogen-bond acceptors (Lipinski definition) is 2. The molecule has 3 rings (SSSR count). The molecule has 0 aromatic heterocycles. The lowest BCUT2D eigenvalue weighted by atomic mass is 10.0. The third-order valence-electron chi connectivity index (χ3n) is 4.30. The van der Waals surface area contributed by atoms with Crippen LogP contribution in [0.25, 0.3) is 10.8 Å². The van der Waals surface area contributed by atoms with Crippen molar-refractivity contribution >= 4 is 16.7 Å². The van der Waals surface area contributed by atoms with Crippen molar-refractivity contribution in [2.75, 3.05) is 13.7 Å². The molecule has 0 heterocycles. The van der Waals surface area contributed by atoms with Crippen molar-refractivity contribution in [2.45, 2.75) is 13.0 Å². The molecule has 3 heteroatoms. The fraction of sp³-hybridized carbons (Fsp3) is 0.190. The molecule has 1 N–H and O–H groups in total. The van der Waals surface area contributed by atoms with E-state index in [1.165, 1.54) is 0 Å². The molecule has 0 aliphatic heterocycles. The van der Waals surface area contributed by atoms with E-state index in [1.54, 1.807) is 7.11 Å². The Balaban J connectivity index is 1.78. The average molecular weight is 319 g/mol. The highest BCUT2D eigenvalue weighted by Crippen LogP contribution is 2.21. The van der Waals surface area contributed by atoms with Gasteiger partial charge in [0.1, 0.15) is 0 Å². The van der Waals surface area contributed by atoms with Gasteiger partial charge in [0.2, 0.25) is 0 Å². The van der Waals surface area contributed by atoms with Gasteiger partial charge >= 0.3 is 0 Å². The molecule has 0 saturated heterocycles. The molecule has 24 heavy (non-hydrogen) atoms. The fourth-order valence-corrected chi connectivity index (χ4v) is 2.97. The van der Waals surface area contributed by atoms with Crippen LogP contribution in [-0.2, 0) is 4.74 Å². The molecule has 0 saturated carbocycles. The summed E-state index contributed by atoms with van der Waals surface area (Å²) in [6, 6.07) is 21.8. The van der Waals surface area contributed by atoms with Crippen LogP contribution in [0.3, 0.4) is 0 Å². The highest BCUT2D eigenvalue weighted by molar-refractivity contribution is 6.07. The molecule has 0 aliphatic rings. The molecule has 0 spiro atoms. The summed E-state index contributed by atoms with van der Waals surface area (Å²) in [7, 11) is 1.67. The van der Waals surface area contributed by atoms with Crippen LogP contribution in [-0.4, -0.2) is 19.6 Å². The zero-order valence-corrected chi connectivity index (χ0v) is 14.0. The number of methoxy groups -OCH3 is 1. The Labute approximate surface area is 142 Å². The van der Waals surface area contributed by atoms with Gasteiger partial charge in [-0.15, -0.1) is 0 Å². The highest BCUT2D eigenvalue weighted by Gasteiger charge is 2.15. The van der Waals surface area contributed by atoms with Crippen LogP contribution in [0.4, 0.5) is 0 Å². The Hall–Kier alpha value is -2.65. The van der Waals surface area contributed by atoms with E-state index in [9.17, 15) is 4.79 Å². The van der Waals surface area contributed by atoms with Crippen LogP contribution in [0.1, 0.15) is 27.6 Å². The molecule has 1 atom stereocenters. The third kappa shape index (κ3) is 3.31. The van der Waals surface area contributed by atoms with Crippen molar-refractivity contribution < 1.29 is 9.53 Å². The summed E-state index contributed by atoms with van der Waals surface area (Å²) in [4.78, 5) is 12.6. The monoisotopic (exact) mass is 319 g/mol. The molecule has 0 bridgehead atoms. The van der Waals surface area contributed by atoms with E-state index in [0.717, 1.165) is 21.9 Å². The summed E-state index contributed by atoms with van der Waals surface area (Å²) in [5, 5.41) is 5.03. The van der Waals surface area contributed by atoms with E-state index in [4.69, 9.17) is 4.74 Å². The number of hydrogen-bond donors (Lipinski definition) is 1. The maximum Gasteiger partial charge on any atom is 0.252 e. The first-order chi connectivity index (χ1) is 11.7. The molecule has 1 amide bonds. The Bertz CT molecular complexity index is 852. The number of rotatable bonds is 5. The molecule has 0 aliphatic carbocycles. The lowest BCUT2D eigenvalue weighted by Gasteiger charge is -2.19. The van der Waals surface area contributed by atoms with E-state index < -0.39 is 0 Å². The van der Waals surface area contributed by atoms with Crippen molar-refractivity contribution in [3.8, 4) is 0 Å². The highest BCUT2D eigenvalue weighted by atomic mass is 16.5. The van der Waals surface area contributed by atoms with Gasteiger partial charge in [0.25, 0.3) is 5.91 Å². The Morgan fingerprint density at radius 3 is 2.50 bits per heavy atom. The maximum absolute atomic E-state index is 12.6. The number of amides is 1. The molecule has 122 valence electrons. The van der Waals surface area contributed by atoms with Gasteiger partial charge in [0, 0.05) is 19.2 Å². The lowest BCUT2D eigenvalue weighted by molar-refractivity contribution is 0.0827. The van der Waals surface area contributed by atoms with Crippen LogP contribution in [0.2, 0.25) is 0 Å². The summed E-state index contributed by atoms with van der Waals surface area (Å²) in [6.07, 6.45) is -0.162. The molecular formula is C21H21NO2. The number of benzene rings is 3. The second-order valence-electron chi connectivity index (χ2n) is 5.82. The van der Waals surface area contributed by atoms with Crippen molar-refractivity contribution in [2.24, 2.45) is 0 Å². The van der Waals surface area contributed by atoms with E-state index in [2.05, 4.69) is 5.32 Å². The minimum atomic E-state index is -0.162. The van der Waals surface area contributed by atoms with Gasteiger partial charge in [-0.3, -0.25) is 4.79 Å². The van der Waals surface area contributed by atoms with E-state index in [-0.39, 0.29) is 12.0 Å². The first kappa shape index (κ1) is 16.2. The number of ether oxygens (including phenoxy) is 1. The van der Waals surface area contributed by atoms with Gasteiger partial charge in [0.15, 0.2) is 0 Å². The minimum Gasteiger partial charge on any atom is -0.375 e. The first-order valence-electron chi connectivity index (χ1n) is 8.05. The Morgan fingerprint density at radius 2 is 1.71 bits per heavy atom. The number of nitrogens with one attached hydrogen (secondary N) is 1. The van der Waals surface area contributed by atoms with Crippen molar-refractivity contribution in [3.63, 3.8) is 0 Å². The Kier molecular flexibility index (Phi) is 4.92. The van der Waals surface area contributed by atoms with E-state index in [1.807, 2.05) is 73.7 Å². The average Bonchev–Trinajstić information content (AvgIpc) is 2.63. The van der Waals surface area contributed by atoms with Crippen LogP contribution >= 0.6 is 0 Å². The second-order valence-corrected chi connectivity index (χ2v) is 5.82. The van der Waals surface area contributed by atoms with Crippen LogP contribution < -0.4 is 5.32 Å². The van der Waals surface area contributed by atoms with Gasteiger partial charge in [0.05, 0.1) is 6.10 Å². The molecule has 0 fully saturated rings. The molecule has 3 aromatic rings. The predicted molar refractivity (Wildman–Crippen MR) is 97.2 cm³/mol. The van der Waals surface area contributed by atoms with Gasteiger partial charge < -0.3 is 10.1 Å². The van der Waals surface area contributed by atoms with Crippen LogP contribution in [0.15, 0.2) is 66.7 Å². The van der Waals surface area contributed by atoms with Gasteiger partial charge in [-0.2, -0.15) is 0 Å². The number of aryl methyl sites for hydroxylation is 1. The molecular weight excluding hydrogens is 298 g/mol. The lowest BCUT2D eigenvalue weighted by Crippen LogP contribution is -2.29. The maximum atomic E-state index is 12.6. The SMILES string of the molecule is CO[C@H](CNC(=O)c1cccc2ccccc12)c1ccccc1C. The number of carbonyl (C=O) groups is 1. The zero-order chi connectivity index (χ0) is 16.9. The topological polar surface area (TPSA) is 38.3 Å². The van der Waals surface area contributed by atoms with Crippen molar-refractivity contribution in [3.05, 3.63) is 83.4 Å². The van der Waals surface area contributed by atoms with Gasteiger partial charge in [-0.05, 0) is 34.9 Å². The largest absolute Gasteiger partial charge is 0.375 e. The van der Waals surface area contributed by atoms with Gasteiger partial charge in [-0.1, -0.05) is 60.7 Å². The predicted octanol–water partition coefficient (Wildman–Crippen LogP) is 4.27. The van der Waals surface area contributed by atoms with Crippen LogP contribution in [0, 0.1) is 6.92 Å². The zero-order valence-electron chi connectivity index (χ0n) is 14.0. The van der Waals surface area contributed by atoms with E-state index >= 15 is 0 Å². The summed E-state index contributed by atoms with van der Waals surface area (Å²) in [6.45, 7) is 2.48. The fourth-order valence-electron chi connectivity index (χ4n) is 2.97. The molecule has 0 unspecified atom stereocenters. The van der Waals surface area contributed by atoms with Crippen molar-refractivity contribution in [1.29, 1.82) is 0 Å². The normalized spacial score (nSPS) is 12.1. The van der Waals surface area contributed by atoms with Crippen molar-refractivity contribution in [1.82, 2.24) is 5.32 Å². The quantitative estimate of drug-likeness (QED) is 0.763. The third-order valence-corrected chi connectivity index (χ3v) is 4.30.